The Balaban J connectivity index is 1.97. The molecule has 94 valence electrons. The van der Waals surface area contributed by atoms with Crippen LogP contribution < -0.4 is 5.32 Å². The number of nitrogens with one attached hydrogen (secondary N) is 1. The van der Waals surface area contributed by atoms with Gasteiger partial charge in [-0.2, -0.15) is 17.0 Å². The van der Waals surface area contributed by atoms with Crippen LogP contribution in [0.5, 0.6) is 0 Å². The van der Waals surface area contributed by atoms with Crippen molar-refractivity contribution >= 4 is 17.7 Å². The third kappa shape index (κ3) is 2.85. The van der Waals surface area contributed by atoms with Crippen molar-refractivity contribution in [2.45, 2.75) is 23.5 Å². The van der Waals surface area contributed by atoms with Gasteiger partial charge in [0.25, 0.3) is 0 Å². The highest BCUT2D eigenvalue weighted by molar-refractivity contribution is 8.00. The van der Waals surface area contributed by atoms with Crippen LogP contribution in [-0.4, -0.2) is 23.5 Å². The summed E-state index contributed by atoms with van der Waals surface area (Å²) in [6, 6.07) is 11.3. The monoisotopic (exact) mass is 260 g/mol. The molecule has 1 saturated carbocycles. The zero-order valence-corrected chi connectivity index (χ0v) is 11.2. The zero-order chi connectivity index (χ0) is 13.0. The van der Waals surface area contributed by atoms with E-state index in [1.54, 1.807) is 11.8 Å². The van der Waals surface area contributed by atoms with Gasteiger partial charge in [-0.25, -0.2) is 0 Å². The van der Waals surface area contributed by atoms with Gasteiger partial charge in [-0.15, -0.1) is 0 Å². The van der Waals surface area contributed by atoms with Gasteiger partial charge in [0, 0.05) is 11.3 Å². The second-order valence-electron chi connectivity index (χ2n) is 4.58. The van der Waals surface area contributed by atoms with Gasteiger partial charge >= 0.3 is 0 Å². The fourth-order valence-electron chi connectivity index (χ4n) is 1.87. The summed E-state index contributed by atoms with van der Waals surface area (Å²) in [4.78, 5) is 12.0. The maximum Gasteiger partial charge on any atom is 0.241 e. The molecule has 1 N–H and O–H groups in total. The Bertz CT molecular complexity index is 462. The summed E-state index contributed by atoms with van der Waals surface area (Å²) in [6.07, 6.45) is 4.37. The Kier molecular flexibility index (Phi) is 3.93. The molecule has 0 radical (unpaired) electrons. The summed E-state index contributed by atoms with van der Waals surface area (Å²) in [6.45, 7) is 0.665. The first-order chi connectivity index (χ1) is 8.71. The number of benzene rings is 1. The minimum atomic E-state index is -0.705. The van der Waals surface area contributed by atoms with Crippen LogP contribution in [0, 0.1) is 11.3 Å². The van der Waals surface area contributed by atoms with E-state index in [1.165, 1.54) is 0 Å². The second kappa shape index (κ2) is 5.45. The molecule has 1 atom stereocenters. The number of thioether (sulfide) groups is 1. The van der Waals surface area contributed by atoms with Gasteiger partial charge in [-0.3, -0.25) is 4.79 Å². The average Bonchev–Trinajstić information content (AvgIpc) is 3.19. The van der Waals surface area contributed by atoms with Crippen molar-refractivity contribution in [1.82, 2.24) is 5.32 Å². The van der Waals surface area contributed by atoms with Crippen LogP contribution >= 0.6 is 11.8 Å². The first-order valence-corrected chi connectivity index (χ1v) is 7.21. The fourth-order valence-corrected chi connectivity index (χ4v) is 2.60. The molecule has 2 rings (SSSR count). The molecule has 0 bridgehead atoms. The molecule has 1 aliphatic carbocycles. The normalized spacial score (nSPS) is 17.6. The molecule has 0 saturated heterocycles. The van der Waals surface area contributed by atoms with E-state index in [4.69, 9.17) is 5.26 Å². The molecule has 0 spiro atoms. The van der Waals surface area contributed by atoms with Crippen LogP contribution in [-0.2, 0) is 4.79 Å². The lowest BCUT2D eigenvalue weighted by Gasteiger charge is -2.15. The van der Waals surface area contributed by atoms with Crippen molar-refractivity contribution in [2.24, 2.45) is 0 Å². The highest BCUT2D eigenvalue weighted by Crippen LogP contribution is 2.46. The number of hydrogen-bond donors (Lipinski definition) is 1. The van der Waals surface area contributed by atoms with Gasteiger partial charge in [-0.1, -0.05) is 30.3 Å². The molecule has 1 fully saturated rings. The molecule has 1 aromatic carbocycles. The van der Waals surface area contributed by atoms with Crippen molar-refractivity contribution in [2.75, 3.05) is 12.8 Å². The predicted molar refractivity (Wildman–Crippen MR) is 73.3 cm³/mol. The van der Waals surface area contributed by atoms with Gasteiger partial charge in [-0.05, 0) is 24.7 Å². The first-order valence-electron chi connectivity index (χ1n) is 5.98. The maximum atomic E-state index is 12.0. The van der Waals surface area contributed by atoms with Crippen LogP contribution in [0.15, 0.2) is 30.3 Å². The largest absolute Gasteiger partial charge is 0.353 e. The number of hydrogen-bond acceptors (Lipinski definition) is 3. The number of carbonyl (C=O) groups excluding carboxylic acids is 1. The van der Waals surface area contributed by atoms with E-state index in [-0.39, 0.29) is 10.7 Å². The summed E-state index contributed by atoms with van der Waals surface area (Å²) in [7, 11) is 0. The summed E-state index contributed by atoms with van der Waals surface area (Å²) in [5.41, 5.74) is 0.756. The summed E-state index contributed by atoms with van der Waals surface area (Å²) < 4.78 is 0.229. The molecule has 1 aliphatic rings. The Morgan fingerprint density at radius 2 is 2.17 bits per heavy atom. The lowest BCUT2D eigenvalue weighted by molar-refractivity contribution is -0.121. The van der Waals surface area contributed by atoms with Crippen LogP contribution in [0.3, 0.4) is 0 Å². The van der Waals surface area contributed by atoms with Gasteiger partial charge in [0.1, 0.15) is 5.92 Å². The third-order valence-corrected chi connectivity index (χ3v) is 4.77. The Labute approximate surface area is 112 Å². The molecule has 4 heteroatoms. The minimum absolute atomic E-state index is 0.191. The van der Waals surface area contributed by atoms with E-state index in [1.807, 2.05) is 30.3 Å². The average molecular weight is 260 g/mol. The van der Waals surface area contributed by atoms with Crippen molar-refractivity contribution in [3.63, 3.8) is 0 Å². The van der Waals surface area contributed by atoms with Gasteiger partial charge < -0.3 is 5.32 Å². The Morgan fingerprint density at radius 1 is 1.50 bits per heavy atom. The fraction of sp³-hybridized carbons (Fsp3) is 0.429. The zero-order valence-electron chi connectivity index (χ0n) is 10.3. The smallest absolute Gasteiger partial charge is 0.241 e. The number of carbonyl (C=O) groups is 1. The van der Waals surface area contributed by atoms with E-state index in [0.717, 1.165) is 18.4 Å². The number of rotatable bonds is 5. The van der Waals surface area contributed by atoms with Crippen molar-refractivity contribution in [3.05, 3.63) is 35.9 Å². The maximum absolute atomic E-state index is 12.0. The standard InChI is InChI=1S/C14H16N2OS/c1-18-14(7-8-14)10-16-13(17)12(9-15)11-5-3-2-4-6-11/h2-6,12H,7-8,10H2,1H3,(H,16,17). The summed E-state index contributed by atoms with van der Waals surface area (Å²) >= 11 is 1.80. The second-order valence-corrected chi connectivity index (χ2v) is 5.85. The molecule has 0 aliphatic heterocycles. The molecule has 1 amide bonds. The number of amides is 1. The Morgan fingerprint density at radius 3 is 2.67 bits per heavy atom. The van der Waals surface area contributed by atoms with Gasteiger partial charge in [0.05, 0.1) is 6.07 Å². The van der Waals surface area contributed by atoms with Crippen LogP contribution in [0.1, 0.15) is 24.3 Å². The van der Waals surface area contributed by atoms with Crippen molar-refractivity contribution in [1.29, 1.82) is 5.26 Å². The predicted octanol–water partition coefficient (Wildman–Crippen LogP) is 2.31. The highest BCUT2D eigenvalue weighted by Gasteiger charge is 2.42. The van der Waals surface area contributed by atoms with E-state index in [2.05, 4.69) is 17.6 Å². The minimum Gasteiger partial charge on any atom is -0.353 e. The number of nitriles is 1. The molecule has 3 nitrogen and oxygen atoms in total. The summed E-state index contributed by atoms with van der Waals surface area (Å²) in [5.74, 6) is -0.895. The van der Waals surface area contributed by atoms with Gasteiger partial charge in [0.15, 0.2) is 0 Å². The Hall–Kier alpha value is -1.47. The van der Waals surface area contributed by atoms with Gasteiger partial charge in [0.2, 0.25) is 5.91 Å². The molecule has 1 aromatic rings. The lowest BCUT2D eigenvalue weighted by atomic mass is 10.00. The highest BCUT2D eigenvalue weighted by atomic mass is 32.2. The SMILES string of the molecule is CSC1(CNC(=O)C(C#N)c2ccccc2)CC1. The third-order valence-electron chi connectivity index (χ3n) is 3.35. The van der Waals surface area contributed by atoms with E-state index >= 15 is 0 Å². The molecule has 18 heavy (non-hydrogen) atoms. The molecule has 0 heterocycles. The first kappa shape index (κ1) is 13.0. The quantitative estimate of drug-likeness (QED) is 0.884. The topological polar surface area (TPSA) is 52.9 Å². The molecule has 1 unspecified atom stereocenters. The van der Waals surface area contributed by atoms with Crippen LogP contribution in [0.25, 0.3) is 0 Å². The lowest BCUT2D eigenvalue weighted by Crippen LogP contribution is -2.34. The van der Waals surface area contributed by atoms with Crippen LogP contribution in [0.4, 0.5) is 0 Å². The van der Waals surface area contributed by atoms with Crippen LogP contribution in [0.2, 0.25) is 0 Å². The summed E-state index contributed by atoms with van der Waals surface area (Å²) in [5, 5.41) is 12.0. The number of nitrogens with zero attached hydrogens (tertiary/aromatic N) is 1. The van der Waals surface area contributed by atoms with E-state index in [9.17, 15) is 4.79 Å². The molecule has 0 aromatic heterocycles. The van der Waals surface area contributed by atoms with E-state index < -0.39 is 5.92 Å². The molecular weight excluding hydrogens is 244 g/mol. The van der Waals surface area contributed by atoms with Crippen molar-refractivity contribution in [3.8, 4) is 6.07 Å². The molecular formula is C14H16N2OS. The van der Waals surface area contributed by atoms with E-state index in [0.29, 0.717) is 6.54 Å². The van der Waals surface area contributed by atoms with Crippen molar-refractivity contribution < 1.29 is 4.79 Å².